The zero-order valence-electron chi connectivity index (χ0n) is 14.8. The number of para-hydroxylation sites is 1. The predicted molar refractivity (Wildman–Crippen MR) is 104 cm³/mol. The van der Waals surface area contributed by atoms with Crippen LogP contribution in [0.1, 0.15) is 30.7 Å². The molecule has 1 aliphatic heterocycles. The fourth-order valence-electron chi connectivity index (χ4n) is 3.22. The van der Waals surface area contributed by atoms with Crippen LogP contribution in [-0.2, 0) is 17.8 Å². The lowest BCUT2D eigenvalue weighted by Crippen LogP contribution is -2.34. The van der Waals surface area contributed by atoms with Gasteiger partial charge in [0.1, 0.15) is 0 Å². The van der Waals surface area contributed by atoms with E-state index in [1.54, 1.807) is 6.08 Å². The van der Waals surface area contributed by atoms with Crippen LogP contribution in [0.15, 0.2) is 60.7 Å². The second-order valence-electron chi connectivity index (χ2n) is 5.88. The van der Waals surface area contributed by atoms with Gasteiger partial charge in [-0.2, -0.15) is 0 Å². The van der Waals surface area contributed by atoms with Crippen molar-refractivity contribution in [2.24, 2.45) is 0 Å². The Labute approximate surface area is 149 Å². The molecule has 2 heterocycles. The van der Waals surface area contributed by atoms with Gasteiger partial charge in [-0.05, 0) is 29.7 Å². The summed E-state index contributed by atoms with van der Waals surface area (Å²) >= 11 is 0. The van der Waals surface area contributed by atoms with Crippen molar-refractivity contribution in [2.75, 3.05) is 6.54 Å². The highest BCUT2D eigenvalue weighted by Gasteiger charge is 2.22. The number of aromatic amines is 1. The van der Waals surface area contributed by atoms with Gasteiger partial charge in [0.15, 0.2) is 0 Å². The highest BCUT2D eigenvalue weighted by molar-refractivity contribution is 5.92. The lowest BCUT2D eigenvalue weighted by atomic mass is 10.0. The number of benzene rings is 2. The van der Waals surface area contributed by atoms with Crippen LogP contribution in [0.2, 0.25) is 0 Å². The van der Waals surface area contributed by atoms with Crippen LogP contribution in [0.25, 0.3) is 17.0 Å². The van der Waals surface area contributed by atoms with Crippen molar-refractivity contribution in [1.82, 2.24) is 9.88 Å². The number of carbonyl (C=O) groups is 1. The molecule has 1 N–H and O–H groups in total. The Morgan fingerprint density at radius 1 is 1.04 bits per heavy atom. The van der Waals surface area contributed by atoms with Crippen LogP contribution in [-0.4, -0.2) is 22.3 Å². The van der Waals surface area contributed by atoms with Crippen LogP contribution in [0.4, 0.5) is 0 Å². The lowest BCUT2D eigenvalue weighted by Gasteiger charge is -2.26. The normalized spacial score (nSPS) is 13.4. The van der Waals surface area contributed by atoms with Gasteiger partial charge in [0.2, 0.25) is 5.91 Å². The standard InChI is InChI=1S/C20H18N2O.C2H6/c23-20(11-10-15-6-2-1-3-7-15)22-13-12-17-16-8-4-5-9-18(16)21-19(17)14-22;1-2/h1-11,21H,12-14H2;1-2H3/b11-10+;. The summed E-state index contributed by atoms with van der Waals surface area (Å²) in [5, 5.41) is 1.29. The Bertz CT molecular complexity index is 877. The van der Waals surface area contributed by atoms with Gasteiger partial charge in [-0.1, -0.05) is 62.4 Å². The molecule has 0 radical (unpaired) electrons. The third-order valence-electron chi connectivity index (χ3n) is 4.41. The molecule has 1 amide bonds. The van der Waals surface area contributed by atoms with E-state index in [4.69, 9.17) is 0 Å². The minimum Gasteiger partial charge on any atom is -0.357 e. The van der Waals surface area contributed by atoms with Crippen molar-refractivity contribution in [3.8, 4) is 0 Å². The molecule has 25 heavy (non-hydrogen) atoms. The number of amides is 1. The van der Waals surface area contributed by atoms with Crippen molar-refractivity contribution in [2.45, 2.75) is 26.8 Å². The van der Waals surface area contributed by atoms with Crippen molar-refractivity contribution < 1.29 is 4.79 Å². The molecule has 1 aliphatic rings. The second kappa shape index (κ2) is 7.84. The summed E-state index contributed by atoms with van der Waals surface area (Å²) in [7, 11) is 0. The summed E-state index contributed by atoms with van der Waals surface area (Å²) in [5.74, 6) is 0.0677. The van der Waals surface area contributed by atoms with Crippen LogP contribution < -0.4 is 0 Å². The van der Waals surface area contributed by atoms with Crippen LogP contribution in [0.3, 0.4) is 0 Å². The summed E-state index contributed by atoms with van der Waals surface area (Å²) in [6, 6.07) is 18.3. The van der Waals surface area contributed by atoms with Crippen LogP contribution >= 0.6 is 0 Å². The van der Waals surface area contributed by atoms with E-state index in [2.05, 4.69) is 23.2 Å². The molecule has 4 rings (SSSR count). The van der Waals surface area contributed by atoms with Crippen molar-refractivity contribution in [3.63, 3.8) is 0 Å². The Morgan fingerprint density at radius 3 is 2.56 bits per heavy atom. The van der Waals surface area contributed by atoms with Gasteiger partial charge in [-0.15, -0.1) is 0 Å². The van der Waals surface area contributed by atoms with E-state index in [1.807, 2.05) is 61.2 Å². The molecule has 1 aromatic heterocycles. The molecular formula is C22H24N2O. The fourth-order valence-corrected chi connectivity index (χ4v) is 3.22. The fraction of sp³-hybridized carbons (Fsp3) is 0.227. The lowest BCUT2D eigenvalue weighted by molar-refractivity contribution is -0.126. The Kier molecular flexibility index (Phi) is 5.34. The summed E-state index contributed by atoms with van der Waals surface area (Å²) in [5.41, 5.74) is 4.73. The summed E-state index contributed by atoms with van der Waals surface area (Å²) < 4.78 is 0. The Hall–Kier alpha value is -2.81. The third-order valence-corrected chi connectivity index (χ3v) is 4.41. The third kappa shape index (κ3) is 3.66. The van der Waals surface area contributed by atoms with Gasteiger partial charge in [0.25, 0.3) is 0 Å². The average Bonchev–Trinajstić information content (AvgIpc) is 3.06. The first kappa shape index (κ1) is 17.0. The summed E-state index contributed by atoms with van der Waals surface area (Å²) in [6.07, 6.45) is 4.45. The Morgan fingerprint density at radius 2 is 1.76 bits per heavy atom. The smallest absolute Gasteiger partial charge is 0.246 e. The summed E-state index contributed by atoms with van der Waals surface area (Å²) in [4.78, 5) is 17.8. The zero-order valence-corrected chi connectivity index (χ0v) is 14.8. The second-order valence-corrected chi connectivity index (χ2v) is 5.88. The van der Waals surface area contributed by atoms with Crippen molar-refractivity contribution >= 4 is 22.9 Å². The average molecular weight is 332 g/mol. The molecule has 128 valence electrons. The maximum absolute atomic E-state index is 12.4. The van der Waals surface area contributed by atoms with Gasteiger partial charge in [0, 0.05) is 29.2 Å². The minimum atomic E-state index is 0.0677. The molecular weight excluding hydrogens is 308 g/mol. The van der Waals surface area contributed by atoms with Gasteiger partial charge in [0.05, 0.1) is 6.54 Å². The van der Waals surface area contributed by atoms with E-state index in [0.29, 0.717) is 6.54 Å². The first-order valence-corrected chi connectivity index (χ1v) is 8.92. The largest absolute Gasteiger partial charge is 0.357 e. The number of nitrogens with zero attached hydrogens (tertiary/aromatic N) is 1. The molecule has 0 atom stereocenters. The number of hydrogen-bond acceptors (Lipinski definition) is 1. The molecule has 0 saturated heterocycles. The molecule has 3 heteroatoms. The van der Waals surface area contributed by atoms with Crippen molar-refractivity contribution in [1.29, 1.82) is 0 Å². The number of aromatic nitrogens is 1. The number of nitrogens with one attached hydrogen (secondary N) is 1. The molecule has 0 saturated carbocycles. The minimum absolute atomic E-state index is 0.0677. The van der Waals surface area contributed by atoms with E-state index in [1.165, 1.54) is 16.6 Å². The molecule has 0 unspecified atom stereocenters. The van der Waals surface area contributed by atoms with Crippen LogP contribution in [0.5, 0.6) is 0 Å². The Balaban J connectivity index is 0.000000880. The number of rotatable bonds is 2. The maximum Gasteiger partial charge on any atom is 0.246 e. The van der Waals surface area contributed by atoms with Crippen LogP contribution in [0, 0.1) is 0 Å². The van der Waals surface area contributed by atoms with E-state index >= 15 is 0 Å². The highest BCUT2D eigenvalue weighted by atomic mass is 16.2. The monoisotopic (exact) mass is 332 g/mol. The van der Waals surface area contributed by atoms with Gasteiger partial charge < -0.3 is 9.88 Å². The number of fused-ring (bicyclic) bond motifs is 3. The molecule has 2 aromatic carbocycles. The first-order valence-electron chi connectivity index (χ1n) is 8.92. The number of carbonyl (C=O) groups excluding carboxylic acids is 1. The maximum atomic E-state index is 12.4. The topological polar surface area (TPSA) is 36.1 Å². The molecule has 3 nitrogen and oxygen atoms in total. The molecule has 0 spiro atoms. The molecule has 0 aliphatic carbocycles. The van der Waals surface area contributed by atoms with E-state index < -0.39 is 0 Å². The quantitative estimate of drug-likeness (QED) is 0.673. The number of hydrogen-bond donors (Lipinski definition) is 1. The van der Waals surface area contributed by atoms with Crippen molar-refractivity contribution in [3.05, 3.63) is 77.5 Å². The van der Waals surface area contributed by atoms with E-state index in [9.17, 15) is 4.79 Å². The highest BCUT2D eigenvalue weighted by Crippen LogP contribution is 2.27. The zero-order chi connectivity index (χ0) is 17.6. The predicted octanol–water partition coefficient (Wildman–Crippen LogP) is 4.79. The van der Waals surface area contributed by atoms with E-state index in [0.717, 1.165) is 24.0 Å². The van der Waals surface area contributed by atoms with E-state index in [-0.39, 0.29) is 5.91 Å². The number of H-pyrrole nitrogens is 1. The van der Waals surface area contributed by atoms with Gasteiger partial charge >= 0.3 is 0 Å². The van der Waals surface area contributed by atoms with Gasteiger partial charge in [-0.3, -0.25) is 4.79 Å². The first-order chi connectivity index (χ1) is 12.3. The molecule has 0 bridgehead atoms. The van der Waals surface area contributed by atoms with Gasteiger partial charge in [-0.25, -0.2) is 0 Å². The SMILES string of the molecule is CC.O=C(/C=C/c1ccccc1)N1CCc2c([nH]c3ccccc23)C1. The summed E-state index contributed by atoms with van der Waals surface area (Å²) in [6.45, 7) is 5.43. The molecule has 3 aromatic rings. The molecule has 0 fully saturated rings.